The van der Waals surface area contributed by atoms with Gasteiger partial charge in [-0.1, -0.05) is 29.3 Å². The number of nitrogens with zero attached hydrogens (tertiary/aromatic N) is 1. The minimum atomic E-state index is -0.365. The van der Waals surface area contributed by atoms with E-state index in [2.05, 4.69) is 5.32 Å². The molecule has 3 N–H and O–H groups in total. The summed E-state index contributed by atoms with van der Waals surface area (Å²) in [4.78, 5) is 25.0. The van der Waals surface area contributed by atoms with Crippen molar-refractivity contribution in [2.75, 3.05) is 13.1 Å². The number of hydrogen-bond donors (Lipinski definition) is 2. The number of carbonyl (C=O) groups excluding carboxylic acids is 2. The van der Waals surface area contributed by atoms with Crippen LogP contribution in [0.4, 0.5) is 4.79 Å². The molecule has 0 aliphatic carbocycles. The second-order valence-corrected chi connectivity index (χ2v) is 6.00. The maximum absolute atomic E-state index is 12.2. The van der Waals surface area contributed by atoms with Crippen LogP contribution in [-0.2, 0) is 4.79 Å². The Bertz CT molecular complexity index is 565. The topological polar surface area (TPSA) is 66.0 Å². The van der Waals surface area contributed by atoms with Crippen LogP contribution in [0.5, 0.6) is 0 Å². The van der Waals surface area contributed by atoms with Crippen molar-refractivity contribution in [3.05, 3.63) is 33.8 Å². The van der Waals surface area contributed by atoms with Crippen molar-refractivity contribution < 1.29 is 14.9 Å². The van der Waals surface area contributed by atoms with E-state index in [1.54, 1.807) is 19.1 Å². The molecule has 0 aromatic heterocycles. The number of imide groups is 1. The van der Waals surface area contributed by atoms with Gasteiger partial charge in [0.25, 0.3) is 5.91 Å². The van der Waals surface area contributed by atoms with E-state index in [0.29, 0.717) is 23.1 Å². The number of urea groups is 1. The van der Waals surface area contributed by atoms with Gasteiger partial charge in [-0.05, 0) is 26.0 Å². The highest BCUT2D eigenvalue weighted by Crippen LogP contribution is 2.24. The van der Waals surface area contributed by atoms with Crippen LogP contribution < -0.4 is 10.6 Å². The maximum Gasteiger partial charge on any atom is 0.324 e. The van der Waals surface area contributed by atoms with E-state index >= 15 is 0 Å². The minimum Gasteiger partial charge on any atom is -0.336 e. The van der Waals surface area contributed by atoms with Gasteiger partial charge in [0.2, 0.25) is 0 Å². The van der Waals surface area contributed by atoms with E-state index in [1.807, 2.05) is 18.3 Å². The fraction of sp³-hybridized carbons (Fsp3) is 0.429. The van der Waals surface area contributed by atoms with Crippen molar-refractivity contribution in [1.82, 2.24) is 10.2 Å². The average Bonchev–Trinajstić information content (AvgIpc) is 2.83. The molecular formula is C14H18Cl2N3O2+. The first-order valence-corrected chi connectivity index (χ1v) is 7.55. The number of benzene rings is 1. The smallest absolute Gasteiger partial charge is 0.324 e. The monoisotopic (exact) mass is 330 g/mol. The lowest BCUT2D eigenvalue weighted by molar-refractivity contribution is -0.710. The molecule has 1 aliphatic heterocycles. The molecule has 0 unspecified atom stereocenters. The number of hydrogen-bond acceptors (Lipinski definition) is 2. The highest BCUT2D eigenvalue weighted by Gasteiger charge is 2.32. The molecule has 0 radical (unpaired) electrons. The number of nitrogens with one attached hydrogen (secondary N) is 1. The van der Waals surface area contributed by atoms with Crippen LogP contribution in [0.2, 0.25) is 10.0 Å². The lowest BCUT2D eigenvalue weighted by Crippen LogP contribution is -2.92. The number of quaternary nitrogens is 1. The summed E-state index contributed by atoms with van der Waals surface area (Å²) in [6.07, 6.45) is 0. The van der Waals surface area contributed by atoms with E-state index in [4.69, 9.17) is 23.2 Å². The molecule has 1 aliphatic rings. The molecule has 5 nitrogen and oxygen atoms in total. The van der Waals surface area contributed by atoms with E-state index in [0.717, 1.165) is 5.56 Å². The molecule has 0 saturated carbocycles. The van der Waals surface area contributed by atoms with Crippen molar-refractivity contribution in [3.8, 4) is 0 Å². The van der Waals surface area contributed by atoms with E-state index < -0.39 is 0 Å². The Morgan fingerprint density at radius 3 is 2.67 bits per heavy atom. The van der Waals surface area contributed by atoms with Crippen LogP contribution in [0.15, 0.2) is 18.2 Å². The molecule has 7 heteroatoms. The minimum absolute atomic E-state index is 0.0145. The highest BCUT2D eigenvalue weighted by atomic mass is 35.5. The van der Waals surface area contributed by atoms with Crippen molar-refractivity contribution in [2.45, 2.75) is 25.9 Å². The number of rotatable bonds is 4. The number of carbonyl (C=O) groups is 2. The third kappa shape index (κ3) is 3.67. The van der Waals surface area contributed by atoms with Crippen LogP contribution in [0.3, 0.4) is 0 Å². The van der Waals surface area contributed by atoms with E-state index in [9.17, 15) is 9.59 Å². The number of halogens is 2. The molecule has 1 heterocycles. The third-order valence-corrected chi connectivity index (χ3v) is 4.11. The lowest BCUT2D eigenvalue weighted by atomic mass is 10.1. The zero-order chi connectivity index (χ0) is 15.6. The molecule has 1 aromatic carbocycles. The van der Waals surface area contributed by atoms with Crippen molar-refractivity contribution in [2.24, 2.45) is 0 Å². The standard InChI is InChI=1S/C14H17Cl2N3O2/c1-8(11-4-3-10(15)7-12(11)16)18-9(2)13(20)19-6-5-17-14(19)21/h3-4,7-9,18H,5-6H2,1-2H3,(H,17,21)/p+1/t8-,9-/m1/s1. The highest BCUT2D eigenvalue weighted by molar-refractivity contribution is 6.35. The summed E-state index contributed by atoms with van der Waals surface area (Å²) < 4.78 is 0. The third-order valence-electron chi connectivity index (χ3n) is 3.54. The van der Waals surface area contributed by atoms with Gasteiger partial charge in [0, 0.05) is 23.7 Å². The molecule has 1 saturated heterocycles. The quantitative estimate of drug-likeness (QED) is 0.879. The first-order valence-electron chi connectivity index (χ1n) is 6.79. The van der Waals surface area contributed by atoms with Crippen LogP contribution in [0, 0.1) is 0 Å². The van der Waals surface area contributed by atoms with Gasteiger partial charge in [0.05, 0.1) is 5.02 Å². The van der Waals surface area contributed by atoms with Crippen molar-refractivity contribution in [3.63, 3.8) is 0 Å². The van der Waals surface area contributed by atoms with Gasteiger partial charge < -0.3 is 10.6 Å². The Labute approximate surface area is 133 Å². The van der Waals surface area contributed by atoms with Gasteiger partial charge in [0.15, 0.2) is 6.04 Å². The lowest BCUT2D eigenvalue weighted by Gasteiger charge is -2.20. The fourth-order valence-corrected chi connectivity index (χ4v) is 3.00. The average molecular weight is 331 g/mol. The summed E-state index contributed by atoms with van der Waals surface area (Å²) in [5, 5.41) is 5.67. The Morgan fingerprint density at radius 1 is 1.38 bits per heavy atom. The SMILES string of the molecule is C[C@@H]([NH2+][C@H](C)c1ccc(Cl)cc1Cl)C(=O)N1CCNC1=O. The zero-order valence-electron chi connectivity index (χ0n) is 11.9. The van der Waals surface area contributed by atoms with Crippen molar-refractivity contribution >= 4 is 35.1 Å². The molecule has 2 rings (SSSR count). The predicted octanol–water partition coefficient (Wildman–Crippen LogP) is 1.56. The van der Waals surface area contributed by atoms with Gasteiger partial charge in [-0.2, -0.15) is 0 Å². The summed E-state index contributed by atoms with van der Waals surface area (Å²) in [6, 6.07) is 4.61. The van der Waals surface area contributed by atoms with Crippen LogP contribution in [-0.4, -0.2) is 36.0 Å². The van der Waals surface area contributed by atoms with Crippen LogP contribution >= 0.6 is 23.2 Å². The predicted molar refractivity (Wildman–Crippen MR) is 81.4 cm³/mol. The molecule has 1 aromatic rings. The van der Waals surface area contributed by atoms with Gasteiger partial charge in [-0.25, -0.2) is 4.79 Å². The molecule has 21 heavy (non-hydrogen) atoms. The summed E-state index contributed by atoms with van der Waals surface area (Å²) in [5.74, 6) is -0.193. The Morgan fingerprint density at radius 2 is 2.10 bits per heavy atom. The van der Waals surface area contributed by atoms with Crippen LogP contribution in [0.1, 0.15) is 25.5 Å². The molecule has 3 amide bonds. The summed E-state index contributed by atoms with van der Waals surface area (Å²) in [7, 11) is 0. The zero-order valence-corrected chi connectivity index (χ0v) is 13.4. The fourth-order valence-electron chi connectivity index (χ4n) is 2.42. The molecular weight excluding hydrogens is 313 g/mol. The Balaban J connectivity index is 2.03. The van der Waals surface area contributed by atoms with Gasteiger partial charge in [-0.3, -0.25) is 9.69 Å². The molecule has 1 fully saturated rings. The maximum atomic E-state index is 12.2. The Hall–Kier alpha value is -1.30. The van der Waals surface area contributed by atoms with Gasteiger partial charge in [-0.15, -0.1) is 0 Å². The number of amides is 3. The molecule has 114 valence electrons. The molecule has 2 atom stereocenters. The summed E-state index contributed by atoms with van der Waals surface area (Å²) >= 11 is 12.1. The molecule has 0 bridgehead atoms. The second-order valence-electron chi connectivity index (χ2n) is 5.16. The number of nitrogens with two attached hydrogens (primary N) is 1. The molecule has 0 spiro atoms. The van der Waals surface area contributed by atoms with E-state index in [-0.39, 0.29) is 24.0 Å². The van der Waals surface area contributed by atoms with Gasteiger partial charge in [0.1, 0.15) is 6.04 Å². The largest absolute Gasteiger partial charge is 0.336 e. The van der Waals surface area contributed by atoms with Gasteiger partial charge >= 0.3 is 6.03 Å². The first-order chi connectivity index (χ1) is 9.90. The summed E-state index contributed by atoms with van der Waals surface area (Å²) in [6.45, 7) is 4.68. The first kappa shape index (κ1) is 16.1. The normalized spacial score (nSPS) is 17.5. The Kier molecular flexibility index (Phi) is 5.08. The second kappa shape index (κ2) is 6.64. The van der Waals surface area contributed by atoms with Crippen molar-refractivity contribution in [1.29, 1.82) is 0 Å². The summed E-state index contributed by atoms with van der Waals surface area (Å²) in [5.41, 5.74) is 0.909. The van der Waals surface area contributed by atoms with E-state index in [1.165, 1.54) is 4.90 Å². The van der Waals surface area contributed by atoms with Crippen LogP contribution in [0.25, 0.3) is 0 Å².